The molecule has 1 saturated carbocycles. The Morgan fingerprint density at radius 2 is 2.08 bits per heavy atom. The van der Waals surface area contributed by atoms with Crippen LogP contribution < -0.4 is 15.8 Å². The van der Waals surface area contributed by atoms with Crippen LogP contribution in [0.5, 0.6) is 5.75 Å². The van der Waals surface area contributed by atoms with E-state index in [4.69, 9.17) is 10.5 Å². The first-order valence-corrected chi connectivity index (χ1v) is 8.22. The summed E-state index contributed by atoms with van der Waals surface area (Å²) in [6.07, 6.45) is 2.37. The molecule has 1 aliphatic carbocycles. The molecule has 3 N–H and O–H groups in total. The van der Waals surface area contributed by atoms with E-state index in [1.807, 2.05) is 24.3 Å². The second-order valence-corrected chi connectivity index (χ2v) is 6.17. The van der Waals surface area contributed by atoms with E-state index in [0.717, 1.165) is 24.2 Å². The Hall–Kier alpha value is -2.89. The Balaban J connectivity index is 2.06. The van der Waals surface area contributed by atoms with Crippen molar-refractivity contribution >= 4 is 11.8 Å². The van der Waals surface area contributed by atoms with E-state index in [9.17, 15) is 9.59 Å². The summed E-state index contributed by atoms with van der Waals surface area (Å²) in [4.78, 5) is 28.8. The Labute approximate surface area is 146 Å². The topological polar surface area (TPSA) is 94.3 Å². The van der Waals surface area contributed by atoms with Crippen molar-refractivity contribution in [3.8, 4) is 5.75 Å². The number of nitrogens with zero attached hydrogens (tertiary/aromatic N) is 1. The summed E-state index contributed by atoms with van der Waals surface area (Å²) in [6, 6.07) is 9.31. The Morgan fingerprint density at radius 1 is 1.32 bits per heavy atom. The van der Waals surface area contributed by atoms with Gasteiger partial charge in [-0.2, -0.15) is 0 Å². The first-order chi connectivity index (χ1) is 12.0. The van der Waals surface area contributed by atoms with Crippen LogP contribution in [0.15, 0.2) is 30.3 Å². The molecular weight excluding hydrogens is 318 g/mol. The second-order valence-electron chi connectivity index (χ2n) is 6.17. The van der Waals surface area contributed by atoms with Gasteiger partial charge in [-0.05, 0) is 48.1 Å². The lowest BCUT2D eigenvalue weighted by atomic mass is 9.97. The molecule has 1 aromatic carbocycles. The number of ether oxygens (including phenoxy) is 1. The number of carbonyl (C=O) groups excluding carboxylic acids is 2. The van der Waals surface area contributed by atoms with Crippen molar-refractivity contribution in [1.82, 2.24) is 10.3 Å². The highest BCUT2D eigenvalue weighted by Crippen LogP contribution is 2.43. The quantitative estimate of drug-likeness (QED) is 0.842. The summed E-state index contributed by atoms with van der Waals surface area (Å²) < 4.78 is 5.23. The average Bonchev–Trinajstić information content (AvgIpc) is 3.45. The second kappa shape index (κ2) is 6.93. The van der Waals surface area contributed by atoms with E-state index < -0.39 is 5.91 Å². The molecule has 0 unspecified atom stereocenters. The number of nitrogens with two attached hydrogens (primary N) is 1. The lowest BCUT2D eigenvalue weighted by Crippen LogP contribution is -2.25. The fourth-order valence-corrected chi connectivity index (χ4v) is 2.97. The van der Waals surface area contributed by atoms with Crippen LogP contribution in [-0.4, -0.2) is 31.0 Å². The SMILES string of the molecule is CNC(=O)c1nc(Cc2cccc(OC)c2)cc(C(N)=O)c1C1CC1. The molecule has 0 radical (unpaired) electrons. The van der Waals surface area contributed by atoms with Crippen molar-refractivity contribution in [2.24, 2.45) is 5.73 Å². The van der Waals surface area contributed by atoms with Gasteiger partial charge in [0.15, 0.2) is 0 Å². The van der Waals surface area contributed by atoms with Crippen molar-refractivity contribution < 1.29 is 14.3 Å². The first kappa shape index (κ1) is 17.0. The van der Waals surface area contributed by atoms with E-state index in [1.165, 1.54) is 0 Å². The summed E-state index contributed by atoms with van der Waals surface area (Å²) in [5, 5.41) is 2.61. The molecule has 1 fully saturated rings. The van der Waals surface area contributed by atoms with Gasteiger partial charge in [0, 0.05) is 24.7 Å². The van der Waals surface area contributed by atoms with Crippen LogP contribution in [0.2, 0.25) is 0 Å². The Kier molecular flexibility index (Phi) is 4.70. The van der Waals surface area contributed by atoms with Crippen LogP contribution in [0, 0.1) is 0 Å². The number of benzene rings is 1. The number of hydrogen-bond donors (Lipinski definition) is 2. The summed E-state index contributed by atoms with van der Waals surface area (Å²) in [5.41, 5.74) is 8.57. The van der Waals surface area contributed by atoms with Crippen LogP contribution in [0.3, 0.4) is 0 Å². The van der Waals surface area contributed by atoms with Gasteiger partial charge < -0.3 is 15.8 Å². The van der Waals surface area contributed by atoms with Crippen molar-refractivity contribution in [2.75, 3.05) is 14.2 Å². The number of aromatic nitrogens is 1. The van der Waals surface area contributed by atoms with Gasteiger partial charge in [-0.3, -0.25) is 9.59 Å². The molecule has 0 spiro atoms. The number of rotatable bonds is 6. The Morgan fingerprint density at radius 3 is 2.68 bits per heavy atom. The van der Waals surface area contributed by atoms with Gasteiger partial charge >= 0.3 is 0 Å². The standard InChI is InChI=1S/C19H21N3O3/c1-21-19(24)17-16(12-6-7-12)15(18(20)23)10-13(22-17)8-11-4-3-5-14(9-11)25-2/h3-5,9-10,12H,6-8H2,1-2H3,(H2,20,23)(H,21,24). The monoisotopic (exact) mass is 339 g/mol. The zero-order chi connectivity index (χ0) is 18.0. The number of hydrogen-bond acceptors (Lipinski definition) is 4. The minimum atomic E-state index is -0.527. The van der Waals surface area contributed by atoms with Crippen molar-refractivity contribution in [2.45, 2.75) is 25.2 Å². The van der Waals surface area contributed by atoms with Gasteiger partial charge in [0.05, 0.1) is 7.11 Å². The van der Waals surface area contributed by atoms with Crippen LogP contribution in [0.25, 0.3) is 0 Å². The third kappa shape index (κ3) is 3.63. The molecule has 2 aromatic rings. The van der Waals surface area contributed by atoms with Gasteiger partial charge in [-0.15, -0.1) is 0 Å². The first-order valence-electron chi connectivity index (χ1n) is 8.22. The molecule has 25 heavy (non-hydrogen) atoms. The van der Waals surface area contributed by atoms with Crippen LogP contribution >= 0.6 is 0 Å². The van der Waals surface area contributed by atoms with Gasteiger partial charge in [0.25, 0.3) is 5.91 Å². The normalized spacial score (nSPS) is 13.4. The average molecular weight is 339 g/mol. The predicted octanol–water partition coefficient (Wildman–Crippen LogP) is 2.02. The van der Waals surface area contributed by atoms with Crippen LogP contribution in [0.4, 0.5) is 0 Å². The summed E-state index contributed by atoms with van der Waals surface area (Å²) in [5.74, 6) is 0.111. The molecule has 1 heterocycles. The third-order valence-electron chi connectivity index (χ3n) is 4.32. The van der Waals surface area contributed by atoms with E-state index in [-0.39, 0.29) is 11.8 Å². The van der Waals surface area contributed by atoms with E-state index in [2.05, 4.69) is 10.3 Å². The molecule has 6 heteroatoms. The number of nitrogens with one attached hydrogen (secondary N) is 1. The molecule has 0 aliphatic heterocycles. The van der Waals surface area contributed by atoms with Crippen LogP contribution in [0.1, 0.15) is 56.4 Å². The van der Waals surface area contributed by atoms with Crippen LogP contribution in [-0.2, 0) is 6.42 Å². The predicted molar refractivity (Wildman–Crippen MR) is 93.9 cm³/mol. The number of amides is 2. The largest absolute Gasteiger partial charge is 0.497 e. The molecule has 3 rings (SSSR count). The number of carbonyl (C=O) groups is 2. The molecule has 0 saturated heterocycles. The highest BCUT2D eigenvalue weighted by Gasteiger charge is 2.33. The van der Waals surface area contributed by atoms with Gasteiger partial charge in [-0.1, -0.05) is 12.1 Å². The number of methoxy groups -OCH3 is 1. The lowest BCUT2D eigenvalue weighted by molar-refractivity contribution is 0.0957. The highest BCUT2D eigenvalue weighted by molar-refractivity contribution is 6.01. The maximum Gasteiger partial charge on any atom is 0.269 e. The van der Waals surface area contributed by atoms with Crippen molar-refractivity contribution in [3.05, 3.63) is 58.4 Å². The maximum atomic E-state index is 12.3. The van der Waals surface area contributed by atoms with Gasteiger partial charge in [0.2, 0.25) is 5.91 Å². The van der Waals surface area contributed by atoms with Gasteiger partial charge in [0.1, 0.15) is 11.4 Å². The molecule has 1 aromatic heterocycles. The maximum absolute atomic E-state index is 12.3. The van der Waals surface area contributed by atoms with Crippen molar-refractivity contribution in [1.29, 1.82) is 0 Å². The highest BCUT2D eigenvalue weighted by atomic mass is 16.5. The van der Waals surface area contributed by atoms with Gasteiger partial charge in [-0.25, -0.2) is 4.98 Å². The smallest absolute Gasteiger partial charge is 0.269 e. The Bertz CT molecular complexity index is 829. The minimum Gasteiger partial charge on any atom is -0.497 e. The molecule has 130 valence electrons. The third-order valence-corrected chi connectivity index (χ3v) is 4.32. The zero-order valence-electron chi connectivity index (χ0n) is 14.3. The number of primary amides is 1. The lowest BCUT2D eigenvalue weighted by Gasteiger charge is -2.14. The molecule has 6 nitrogen and oxygen atoms in total. The summed E-state index contributed by atoms with van der Waals surface area (Å²) in [7, 11) is 3.16. The zero-order valence-corrected chi connectivity index (χ0v) is 14.3. The van der Waals surface area contributed by atoms with Crippen molar-refractivity contribution in [3.63, 3.8) is 0 Å². The molecule has 0 atom stereocenters. The van der Waals surface area contributed by atoms with E-state index in [0.29, 0.717) is 28.9 Å². The summed E-state index contributed by atoms with van der Waals surface area (Å²) >= 11 is 0. The molecular formula is C19H21N3O3. The molecule has 0 bridgehead atoms. The number of pyridine rings is 1. The van der Waals surface area contributed by atoms with E-state index >= 15 is 0 Å². The summed E-state index contributed by atoms with van der Waals surface area (Å²) in [6.45, 7) is 0. The fraction of sp³-hybridized carbons (Fsp3) is 0.316. The minimum absolute atomic E-state index is 0.188. The molecule has 1 aliphatic rings. The molecule has 2 amide bonds. The fourth-order valence-electron chi connectivity index (χ4n) is 2.97. The van der Waals surface area contributed by atoms with E-state index in [1.54, 1.807) is 20.2 Å².